The second-order valence-corrected chi connectivity index (χ2v) is 3.43. The summed E-state index contributed by atoms with van der Waals surface area (Å²) in [7, 11) is 0. The van der Waals surface area contributed by atoms with E-state index in [1.165, 1.54) is 0 Å². The number of rotatable bonds is 5. The molecule has 1 aliphatic rings. The lowest BCUT2D eigenvalue weighted by atomic mass is 10.2. The first kappa shape index (κ1) is 10.5. The van der Waals surface area contributed by atoms with E-state index in [0.717, 1.165) is 32.5 Å². The summed E-state index contributed by atoms with van der Waals surface area (Å²) < 4.78 is 5.47. The summed E-state index contributed by atoms with van der Waals surface area (Å²) in [6, 6.07) is 0. The Kier molecular flexibility index (Phi) is 4.18. The van der Waals surface area contributed by atoms with E-state index in [1.54, 1.807) is 0 Å². The molecule has 0 saturated carbocycles. The molecule has 1 fully saturated rings. The first-order chi connectivity index (χ1) is 6.22. The van der Waals surface area contributed by atoms with Crippen LogP contribution in [0.25, 0.3) is 0 Å². The summed E-state index contributed by atoms with van der Waals surface area (Å²) in [5.41, 5.74) is 5.12. The van der Waals surface area contributed by atoms with Crippen LogP contribution >= 0.6 is 0 Å². The summed E-state index contributed by atoms with van der Waals surface area (Å²) in [5.74, 6) is -0.264. The number of primary amides is 1. The Morgan fingerprint density at radius 2 is 2.46 bits per heavy atom. The third-order valence-corrected chi connectivity index (χ3v) is 2.31. The van der Waals surface area contributed by atoms with Crippen molar-refractivity contribution in [2.24, 2.45) is 5.73 Å². The predicted molar refractivity (Wildman–Crippen MR) is 50.3 cm³/mol. The van der Waals surface area contributed by atoms with Crippen LogP contribution in [-0.2, 0) is 9.53 Å². The number of hydrogen-bond donors (Lipinski definition) is 1. The summed E-state index contributed by atoms with van der Waals surface area (Å²) >= 11 is 0. The smallest absolute Gasteiger partial charge is 0.231 e. The average molecular weight is 186 g/mol. The lowest BCUT2D eigenvalue weighted by Gasteiger charge is -2.21. The Labute approximate surface area is 79.0 Å². The normalized spacial score (nSPS) is 22.5. The Hall–Kier alpha value is -0.610. The molecule has 1 amide bonds. The molecule has 76 valence electrons. The molecule has 0 bridgehead atoms. The minimum Gasteiger partial charge on any atom is -0.377 e. The first-order valence-corrected chi connectivity index (χ1v) is 4.84. The highest BCUT2D eigenvalue weighted by Crippen LogP contribution is 2.12. The van der Waals surface area contributed by atoms with Gasteiger partial charge in [-0.05, 0) is 19.4 Å². The number of nitrogens with zero attached hydrogens (tertiary/aromatic N) is 1. The van der Waals surface area contributed by atoms with Crippen molar-refractivity contribution in [3.8, 4) is 0 Å². The summed E-state index contributed by atoms with van der Waals surface area (Å²) in [4.78, 5) is 12.7. The zero-order valence-corrected chi connectivity index (χ0v) is 8.16. The maximum atomic E-state index is 10.7. The number of ether oxygens (including phenoxy) is 1. The van der Waals surface area contributed by atoms with Crippen molar-refractivity contribution < 1.29 is 9.53 Å². The Morgan fingerprint density at radius 3 is 2.92 bits per heavy atom. The van der Waals surface area contributed by atoms with Gasteiger partial charge in [0.05, 0.1) is 12.6 Å². The highest BCUT2D eigenvalue weighted by atomic mass is 16.5. The van der Waals surface area contributed by atoms with Crippen molar-refractivity contribution >= 4 is 5.91 Å². The van der Waals surface area contributed by atoms with Gasteiger partial charge < -0.3 is 10.5 Å². The first-order valence-electron chi connectivity index (χ1n) is 4.84. The van der Waals surface area contributed by atoms with E-state index in [1.807, 2.05) is 11.8 Å². The van der Waals surface area contributed by atoms with Crippen molar-refractivity contribution in [1.82, 2.24) is 4.90 Å². The molecule has 0 aromatic heterocycles. The topological polar surface area (TPSA) is 55.6 Å². The Bertz CT molecular complexity index is 167. The monoisotopic (exact) mass is 186 g/mol. The molecular weight excluding hydrogens is 168 g/mol. The Balaban J connectivity index is 2.25. The highest BCUT2D eigenvalue weighted by Gasteiger charge is 2.18. The van der Waals surface area contributed by atoms with Gasteiger partial charge in [-0.3, -0.25) is 9.69 Å². The minimum atomic E-state index is -0.264. The Morgan fingerprint density at radius 1 is 1.69 bits per heavy atom. The molecule has 2 N–H and O–H groups in total. The van der Waals surface area contributed by atoms with Crippen molar-refractivity contribution in [3.63, 3.8) is 0 Å². The molecule has 4 heteroatoms. The highest BCUT2D eigenvalue weighted by molar-refractivity contribution is 5.75. The van der Waals surface area contributed by atoms with Gasteiger partial charge in [-0.25, -0.2) is 0 Å². The molecule has 1 aliphatic heterocycles. The van der Waals surface area contributed by atoms with Crippen LogP contribution in [-0.4, -0.2) is 43.2 Å². The number of carbonyl (C=O) groups is 1. The van der Waals surface area contributed by atoms with Gasteiger partial charge in [-0.1, -0.05) is 6.92 Å². The van der Waals surface area contributed by atoms with Gasteiger partial charge in [0, 0.05) is 13.2 Å². The van der Waals surface area contributed by atoms with Crippen LogP contribution < -0.4 is 5.73 Å². The summed E-state index contributed by atoms with van der Waals surface area (Å²) in [6.07, 6.45) is 2.55. The molecule has 1 atom stereocenters. The summed E-state index contributed by atoms with van der Waals surface area (Å²) in [6.45, 7) is 4.91. The number of amides is 1. The molecule has 13 heavy (non-hydrogen) atoms. The van der Waals surface area contributed by atoms with E-state index in [9.17, 15) is 4.79 Å². The van der Waals surface area contributed by atoms with Crippen LogP contribution in [0.2, 0.25) is 0 Å². The molecule has 1 rings (SSSR count). The van der Waals surface area contributed by atoms with Crippen LogP contribution in [0.1, 0.15) is 19.8 Å². The SMILES string of the molecule is CCN(CC(N)=O)CC1CCCO1. The van der Waals surface area contributed by atoms with Gasteiger partial charge in [0.15, 0.2) is 0 Å². The van der Waals surface area contributed by atoms with Gasteiger partial charge in [0.25, 0.3) is 0 Å². The maximum Gasteiger partial charge on any atom is 0.231 e. The average Bonchev–Trinajstić information content (AvgIpc) is 2.55. The van der Waals surface area contributed by atoms with Gasteiger partial charge in [-0.15, -0.1) is 0 Å². The van der Waals surface area contributed by atoms with Gasteiger partial charge >= 0.3 is 0 Å². The van der Waals surface area contributed by atoms with E-state index in [4.69, 9.17) is 10.5 Å². The van der Waals surface area contributed by atoms with E-state index >= 15 is 0 Å². The van der Waals surface area contributed by atoms with Gasteiger partial charge in [0.1, 0.15) is 0 Å². The fourth-order valence-electron chi connectivity index (χ4n) is 1.60. The van der Waals surface area contributed by atoms with E-state index < -0.39 is 0 Å². The maximum absolute atomic E-state index is 10.7. The molecule has 1 saturated heterocycles. The molecule has 0 aromatic carbocycles. The fourth-order valence-corrected chi connectivity index (χ4v) is 1.60. The zero-order chi connectivity index (χ0) is 9.68. The molecular formula is C9H18N2O2. The summed E-state index contributed by atoms with van der Waals surface area (Å²) in [5, 5.41) is 0. The largest absolute Gasteiger partial charge is 0.377 e. The predicted octanol–water partition coefficient (Wildman–Crippen LogP) is -0.0274. The molecule has 1 heterocycles. The van der Waals surface area contributed by atoms with Crippen molar-refractivity contribution in [2.45, 2.75) is 25.9 Å². The molecule has 0 aromatic rings. The van der Waals surface area contributed by atoms with E-state index in [-0.39, 0.29) is 5.91 Å². The number of likely N-dealkylation sites (N-methyl/N-ethyl adjacent to an activating group) is 1. The zero-order valence-electron chi connectivity index (χ0n) is 8.16. The molecule has 1 unspecified atom stereocenters. The van der Waals surface area contributed by atoms with Crippen molar-refractivity contribution in [3.05, 3.63) is 0 Å². The van der Waals surface area contributed by atoms with Crippen LogP contribution in [0, 0.1) is 0 Å². The molecule has 0 radical (unpaired) electrons. The second-order valence-electron chi connectivity index (χ2n) is 3.43. The van der Waals surface area contributed by atoms with Crippen LogP contribution in [0.5, 0.6) is 0 Å². The standard InChI is InChI=1S/C9H18N2O2/c1-2-11(7-9(10)12)6-8-4-3-5-13-8/h8H,2-7H2,1H3,(H2,10,12). The van der Waals surface area contributed by atoms with Crippen LogP contribution in [0.4, 0.5) is 0 Å². The van der Waals surface area contributed by atoms with Gasteiger partial charge in [0.2, 0.25) is 5.91 Å². The number of hydrogen-bond acceptors (Lipinski definition) is 3. The second kappa shape index (κ2) is 5.19. The quantitative estimate of drug-likeness (QED) is 0.656. The molecule has 0 spiro atoms. The van der Waals surface area contributed by atoms with Gasteiger partial charge in [-0.2, -0.15) is 0 Å². The van der Waals surface area contributed by atoms with E-state index in [0.29, 0.717) is 12.6 Å². The number of carbonyl (C=O) groups excluding carboxylic acids is 1. The molecule has 0 aliphatic carbocycles. The van der Waals surface area contributed by atoms with Crippen molar-refractivity contribution in [1.29, 1.82) is 0 Å². The van der Waals surface area contributed by atoms with Crippen LogP contribution in [0.15, 0.2) is 0 Å². The molecule has 4 nitrogen and oxygen atoms in total. The third-order valence-electron chi connectivity index (χ3n) is 2.31. The number of nitrogens with two attached hydrogens (primary N) is 1. The minimum absolute atomic E-state index is 0.264. The third kappa shape index (κ3) is 3.74. The van der Waals surface area contributed by atoms with E-state index in [2.05, 4.69) is 0 Å². The van der Waals surface area contributed by atoms with Crippen LogP contribution in [0.3, 0.4) is 0 Å². The fraction of sp³-hybridized carbons (Fsp3) is 0.889. The lowest BCUT2D eigenvalue weighted by molar-refractivity contribution is -0.119. The van der Waals surface area contributed by atoms with Crippen molar-refractivity contribution in [2.75, 3.05) is 26.2 Å². The lowest BCUT2D eigenvalue weighted by Crippen LogP contribution is -2.38.